The lowest BCUT2D eigenvalue weighted by Gasteiger charge is -2.15. The Morgan fingerprint density at radius 3 is 2.00 bits per heavy atom. The first kappa shape index (κ1) is 15.8. The summed E-state index contributed by atoms with van der Waals surface area (Å²) in [5.41, 5.74) is 0. The van der Waals surface area contributed by atoms with Gasteiger partial charge < -0.3 is 20.4 Å². The first-order chi connectivity index (χ1) is 7.57. The standard InChI is InChI=1S/C12H26O4/c1-10(14)12(16)8-5-7-11(15)6-3-2-4-9-13/h10-16H,2-9H2,1H3. The molecule has 0 aliphatic heterocycles. The van der Waals surface area contributed by atoms with E-state index in [1.54, 1.807) is 6.92 Å². The van der Waals surface area contributed by atoms with Crippen LogP contribution in [0.3, 0.4) is 0 Å². The van der Waals surface area contributed by atoms with Gasteiger partial charge in [0.1, 0.15) is 0 Å². The van der Waals surface area contributed by atoms with E-state index in [1.807, 2.05) is 0 Å². The summed E-state index contributed by atoms with van der Waals surface area (Å²) >= 11 is 0. The van der Waals surface area contributed by atoms with Gasteiger partial charge in [-0.2, -0.15) is 0 Å². The van der Waals surface area contributed by atoms with Crippen LogP contribution in [0.25, 0.3) is 0 Å². The van der Waals surface area contributed by atoms with E-state index < -0.39 is 12.2 Å². The molecule has 16 heavy (non-hydrogen) atoms. The smallest absolute Gasteiger partial charge is 0.0796 e. The molecule has 0 amide bonds. The SMILES string of the molecule is CC(O)C(O)CCCC(O)CCCCCO. The summed E-state index contributed by atoms with van der Waals surface area (Å²) in [6.45, 7) is 1.78. The number of aliphatic hydroxyl groups excluding tert-OH is 4. The van der Waals surface area contributed by atoms with Crippen molar-refractivity contribution >= 4 is 0 Å². The van der Waals surface area contributed by atoms with Crippen LogP contribution < -0.4 is 0 Å². The highest BCUT2D eigenvalue weighted by atomic mass is 16.3. The Kier molecular flexibility index (Phi) is 9.92. The third-order valence-corrected chi connectivity index (χ3v) is 2.79. The first-order valence-corrected chi connectivity index (χ1v) is 6.23. The van der Waals surface area contributed by atoms with Crippen LogP contribution in [0.15, 0.2) is 0 Å². The van der Waals surface area contributed by atoms with Gasteiger partial charge in [-0.05, 0) is 39.0 Å². The normalized spacial score (nSPS) is 17.1. The van der Waals surface area contributed by atoms with Gasteiger partial charge in [0.25, 0.3) is 0 Å². The minimum atomic E-state index is -0.693. The molecule has 0 aliphatic rings. The van der Waals surface area contributed by atoms with Gasteiger partial charge in [-0.1, -0.05) is 12.8 Å². The average molecular weight is 234 g/mol. The van der Waals surface area contributed by atoms with Gasteiger partial charge in [0.15, 0.2) is 0 Å². The van der Waals surface area contributed by atoms with Crippen LogP contribution in [0.5, 0.6) is 0 Å². The second-order valence-electron chi connectivity index (χ2n) is 4.47. The molecule has 0 heterocycles. The summed E-state index contributed by atoms with van der Waals surface area (Å²) in [6, 6.07) is 0. The molecule has 0 aromatic rings. The summed E-state index contributed by atoms with van der Waals surface area (Å²) in [7, 11) is 0. The molecule has 0 spiro atoms. The van der Waals surface area contributed by atoms with Crippen molar-refractivity contribution in [3.63, 3.8) is 0 Å². The molecule has 98 valence electrons. The Labute approximate surface area is 97.9 Å². The van der Waals surface area contributed by atoms with Crippen molar-refractivity contribution in [2.24, 2.45) is 0 Å². The van der Waals surface area contributed by atoms with E-state index >= 15 is 0 Å². The molecule has 0 rings (SSSR count). The van der Waals surface area contributed by atoms with Crippen LogP contribution >= 0.6 is 0 Å². The number of hydrogen-bond donors (Lipinski definition) is 4. The van der Waals surface area contributed by atoms with Crippen molar-refractivity contribution in [1.82, 2.24) is 0 Å². The topological polar surface area (TPSA) is 80.9 Å². The molecule has 0 bridgehead atoms. The lowest BCUT2D eigenvalue weighted by Crippen LogP contribution is -2.22. The molecule has 0 saturated carbocycles. The second kappa shape index (κ2) is 10.0. The summed E-state index contributed by atoms with van der Waals surface area (Å²) in [4.78, 5) is 0. The zero-order chi connectivity index (χ0) is 12.4. The zero-order valence-corrected chi connectivity index (χ0v) is 10.2. The lowest BCUT2D eigenvalue weighted by atomic mass is 10.0. The predicted molar refractivity (Wildman–Crippen MR) is 63.1 cm³/mol. The summed E-state index contributed by atoms with van der Waals surface area (Å²) < 4.78 is 0. The van der Waals surface area contributed by atoms with Crippen molar-refractivity contribution in [2.75, 3.05) is 6.61 Å². The van der Waals surface area contributed by atoms with Gasteiger partial charge in [0.2, 0.25) is 0 Å². The largest absolute Gasteiger partial charge is 0.396 e. The monoisotopic (exact) mass is 234 g/mol. The third-order valence-electron chi connectivity index (χ3n) is 2.79. The molecule has 0 aromatic carbocycles. The summed E-state index contributed by atoms with van der Waals surface area (Å²) in [6.07, 6.45) is 3.67. The first-order valence-electron chi connectivity index (χ1n) is 6.23. The maximum absolute atomic E-state index is 9.59. The molecule has 3 unspecified atom stereocenters. The number of hydrogen-bond acceptors (Lipinski definition) is 4. The van der Waals surface area contributed by atoms with E-state index in [2.05, 4.69) is 0 Å². The zero-order valence-electron chi connectivity index (χ0n) is 10.2. The fraction of sp³-hybridized carbons (Fsp3) is 1.00. The highest BCUT2D eigenvalue weighted by Crippen LogP contribution is 2.11. The fourth-order valence-electron chi connectivity index (χ4n) is 1.62. The quantitative estimate of drug-likeness (QED) is 0.422. The maximum Gasteiger partial charge on any atom is 0.0796 e. The lowest BCUT2D eigenvalue weighted by molar-refractivity contribution is 0.0220. The van der Waals surface area contributed by atoms with E-state index in [9.17, 15) is 10.2 Å². The minimum Gasteiger partial charge on any atom is -0.396 e. The highest BCUT2D eigenvalue weighted by molar-refractivity contribution is 4.64. The Morgan fingerprint density at radius 1 is 0.812 bits per heavy atom. The van der Waals surface area contributed by atoms with E-state index in [0.29, 0.717) is 12.8 Å². The second-order valence-corrected chi connectivity index (χ2v) is 4.47. The van der Waals surface area contributed by atoms with Gasteiger partial charge in [-0.15, -0.1) is 0 Å². The molecular formula is C12H26O4. The average Bonchev–Trinajstić information content (AvgIpc) is 2.24. The molecule has 0 fully saturated rings. The van der Waals surface area contributed by atoms with E-state index in [4.69, 9.17) is 10.2 Å². The van der Waals surface area contributed by atoms with Crippen molar-refractivity contribution in [2.45, 2.75) is 70.2 Å². The molecule has 0 aromatic heterocycles. The fourth-order valence-corrected chi connectivity index (χ4v) is 1.62. The molecule has 4 nitrogen and oxygen atoms in total. The highest BCUT2D eigenvalue weighted by Gasteiger charge is 2.11. The predicted octanol–water partition coefficient (Wildman–Crippen LogP) is 0.812. The maximum atomic E-state index is 9.59. The Hall–Kier alpha value is -0.160. The van der Waals surface area contributed by atoms with Crippen LogP contribution in [0.2, 0.25) is 0 Å². The molecule has 0 aliphatic carbocycles. The van der Waals surface area contributed by atoms with Crippen LogP contribution in [-0.4, -0.2) is 45.3 Å². The number of unbranched alkanes of at least 4 members (excludes halogenated alkanes) is 2. The van der Waals surface area contributed by atoms with Crippen molar-refractivity contribution in [3.8, 4) is 0 Å². The van der Waals surface area contributed by atoms with Gasteiger partial charge in [0.05, 0.1) is 18.3 Å². The number of aliphatic hydroxyl groups is 4. The van der Waals surface area contributed by atoms with Crippen molar-refractivity contribution in [1.29, 1.82) is 0 Å². The molecular weight excluding hydrogens is 208 g/mol. The van der Waals surface area contributed by atoms with Gasteiger partial charge in [-0.25, -0.2) is 0 Å². The van der Waals surface area contributed by atoms with Gasteiger partial charge >= 0.3 is 0 Å². The van der Waals surface area contributed by atoms with E-state index in [1.165, 1.54) is 0 Å². The van der Waals surface area contributed by atoms with Crippen LogP contribution in [-0.2, 0) is 0 Å². The molecule has 4 N–H and O–H groups in total. The molecule has 0 saturated heterocycles. The van der Waals surface area contributed by atoms with E-state index in [-0.39, 0.29) is 12.7 Å². The van der Waals surface area contributed by atoms with Crippen LogP contribution in [0.1, 0.15) is 51.9 Å². The molecule has 3 atom stereocenters. The van der Waals surface area contributed by atoms with Crippen molar-refractivity contribution in [3.05, 3.63) is 0 Å². The molecule has 4 heteroatoms. The summed E-state index contributed by atoms with van der Waals surface area (Å²) in [5, 5.41) is 36.5. The van der Waals surface area contributed by atoms with Crippen LogP contribution in [0, 0.1) is 0 Å². The van der Waals surface area contributed by atoms with Crippen LogP contribution in [0.4, 0.5) is 0 Å². The van der Waals surface area contributed by atoms with Gasteiger partial charge in [-0.3, -0.25) is 0 Å². The number of rotatable bonds is 10. The third kappa shape index (κ3) is 9.09. The van der Waals surface area contributed by atoms with E-state index in [0.717, 1.165) is 32.1 Å². The van der Waals surface area contributed by atoms with Gasteiger partial charge in [0, 0.05) is 6.61 Å². The van der Waals surface area contributed by atoms with Crippen molar-refractivity contribution < 1.29 is 20.4 Å². The Morgan fingerprint density at radius 2 is 1.44 bits per heavy atom. The Balaban J connectivity index is 3.33. The summed E-state index contributed by atoms with van der Waals surface area (Å²) in [5.74, 6) is 0. The Bertz CT molecular complexity index is 150. The molecule has 0 radical (unpaired) electrons. The minimum absolute atomic E-state index is 0.219.